The minimum atomic E-state index is -3.63. The normalized spacial score (nSPS) is 16.2. The molecule has 1 aliphatic rings. The first kappa shape index (κ1) is 22.5. The van der Waals surface area contributed by atoms with Crippen LogP contribution in [0.2, 0.25) is 0 Å². The van der Waals surface area contributed by atoms with Gasteiger partial charge in [0.2, 0.25) is 10.0 Å². The molecule has 1 amide bonds. The van der Waals surface area contributed by atoms with Crippen LogP contribution in [0.4, 0.5) is 5.69 Å². The summed E-state index contributed by atoms with van der Waals surface area (Å²) < 4.78 is 28.9. The predicted octanol–water partition coefficient (Wildman–Crippen LogP) is 3.61. The van der Waals surface area contributed by atoms with Crippen molar-refractivity contribution in [1.29, 1.82) is 0 Å². The maximum Gasteiger partial charge on any atom is 0.255 e. The second-order valence-corrected chi connectivity index (χ2v) is 9.68. The van der Waals surface area contributed by atoms with E-state index in [-0.39, 0.29) is 16.8 Å². The third kappa shape index (κ3) is 5.28. The molecule has 3 N–H and O–H groups in total. The molecule has 1 fully saturated rings. The van der Waals surface area contributed by atoms with E-state index in [1.807, 2.05) is 32.0 Å². The minimum Gasteiger partial charge on any atom is -0.322 e. The van der Waals surface area contributed by atoms with Gasteiger partial charge in [0, 0.05) is 17.3 Å². The van der Waals surface area contributed by atoms with Gasteiger partial charge in [-0.05, 0) is 87.5 Å². The van der Waals surface area contributed by atoms with Gasteiger partial charge in [0.25, 0.3) is 5.91 Å². The lowest BCUT2D eigenvalue weighted by atomic mass is 9.89. The Bertz CT molecular complexity index is 999. The molecule has 2 aromatic rings. The predicted molar refractivity (Wildman–Crippen MR) is 120 cm³/mol. The lowest BCUT2D eigenvalue weighted by molar-refractivity contribution is 0.102. The number of benzene rings is 2. The Morgan fingerprint density at radius 3 is 2.43 bits per heavy atom. The van der Waals surface area contributed by atoms with E-state index in [0.29, 0.717) is 22.7 Å². The minimum absolute atomic E-state index is 0.0714. The number of aryl methyl sites for hydroxylation is 2. The van der Waals surface area contributed by atoms with E-state index in [9.17, 15) is 13.2 Å². The van der Waals surface area contributed by atoms with Gasteiger partial charge in [-0.1, -0.05) is 25.1 Å². The fourth-order valence-electron chi connectivity index (χ4n) is 3.99. The first-order valence-electron chi connectivity index (χ1n) is 10.5. The van der Waals surface area contributed by atoms with Crippen LogP contribution in [0.25, 0.3) is 0 Å². The number of piperidine rings is 1. The fraction of sp³-hybridized carbons (Fsp3) is 0.435. The first-order chi connectivity index (χ1) is 14.3. The standard InChI is InChI=1S/C23H31N3O3S/c1-4-21(18-11-13-24-14-12-18)26-30(28,29)19-9-10-22(17(3)15-19)25-23(27)20-8-6-5-7-16(20)2/h5-10,15,18,21,24,26H,4,11-14H2,1-3H3,(H,25,27). The molecule has 0 spiro atoms. The van der Waals surface area contributed by atoms with Crippen LogP contribution in [0, 0.1) is 19.8 Å². The molecule has 162 valence electrons. The van der Waals surface area contributed by atoms with Gasteiger partial charge in [0.1, 0.15) is 0 Å². The monoisotopic (exact) mass is 429 g/mol. The highest BCUT2D eigenvalue weighted by Crippen LogP contribution is 2.24. The first-order valence-corrected chi connectivity index (χ1v) is 12.0. The number of anilines is 1. The molecule has 1 unspecified atom stereocenters. The van der Waals surface area contributed by atoms with Gasteiger partial charge in [-0.25, -0.2) is 13.1 Å². The smallest absolute Gasteiger partial charge is 0.255 e. The number of nitrogens with one attached hydrogen (secondary N) is 3. The van der Waals surface area contributed by atoms with Gasteiger partial charge in [-0.15, -0.1) is 0 Å². The maximum absolute atomic E-state index is 13.0. The third-order valence-electron chi connectivity index (χ3n) is 5.85. The summed E-state index contributed by atoms with van der Waals surface area (Å²) in [4.78, 5) is 12.8. The molecule has 0 radical (unpaired) electrons. The van der Waals surface area contributed by atoms with E-state index in [0.717, 1.165) is 37.9 Å². The number of amides is 1. The van der Waals surface area contributed by atoms with Crippen molar-refractivity contribution in [1.82, 2.24) is 10.0 Å². The summed E-state index contributed by atoms with van der Waals surface area (Å²) in [6, 6.07) is 12.1. The van der Waals surface area contributed by atoms with Gasteiger partial charge >= 0.3 is 0 Å². The summed E-state index contributed by atoms with van der Waals surface area (Å²) in [7, 11) is -3.63. The number of hydrogen-bond acceptors (Lipinski definition) is 4. The molecule has 7 heteroatoms. The second kappa shape index (κ2) is 9.73. The van der Waals surface area contributed by atoms with Crippen molar-refractivity contribution >= 4 is 21.6 Å². The van der Waals surface area contributed by atoms with Crippen LogP contribution in [0.3, 0.4) is 0 Å². The average Bonchev–Trinajstić information content (AvgIpc) is 2.74. The van der Waals surface area contributed by atoms with E-state index in [2.05, 4.69) is 15.4 Å². The third-order valence-corrected chi connectivity index (χ3v) is 7.33. The summed E-state index contributed by atoms with van der Waals surface area (Å²) in [5.41, 5.74) is 2.80. The van der Waals surface area contributed by atoms with Crippen LogP contribution in [-0.2, 0) is 10.0 Å². The molecule has 1 saturated heterocycles. The zero-order valence-electron chi connectivity index (χ0n) is 17.9. The molecular formula is C23H31N3O3S. The van der Waals surface area contributed by atoms with Gasteiger partial charge in [0.05, 0.1) is 4.90 Å². The zero-order chi connectivity index (χ0) is 21.7. The SMILES string of the molecule is CCC(NS(=O)(=O)c1ccc(NC(=O)c2ccccc2C)c(C)c1)C1CCNCC1. The van der Waals surface area contributed by atoms with Crippen LogP contribution < -0.4 is 15.4 Å². The molecule has 2 aromatic carbocycles. The average molecular weight is 430 g/mol. The Balaban J connectivity index is 1.74. The van der Waals surface area contributed by atoms with Crippen molar-refractivity contribution in [2.75, 3.05) is 18.4 Å². The molecule has 0 saturated carbocycles. The highest BCUT2D eigenvalue weighted by atomic mass is 32.2. The molecule has 1 aliphatic heterocycles. The van der Waals surface area contributed by atoms with E-state index in [4.69, 9.17) is 0 Å². The molecular weight excluding hydrogens is 398 g/mol. The van der Waals surface area contributed by atoms with Crippen molar-refractivity contribution < 1.29 is 13.2 Å². The summed E-state index contributed by atoms with van der Waals surface area (Å²) in [5.74, 6) is 0.140. The molecule has 1 heterocycles. The Labute approximate surface area is 179 Å². The summed E-state index contributed by atoms with van der Waals surface area (Å²) in [5, 5.41) is 6.21. The van der Waals surface area contributed by atoms with Gasteiger partial charge in [0.15, 0.2) is 0 Å². The van der Waals surface area contributed by atoms with Crippen LogP contribution >= 0.6 is 0 Å². The van der Waals surface area contributed by atoms with Crippen molar-refractivity contribution in [3.63, 3.8) is 0 Å². The van der Waals surface area contributed by atoms with E-state index < -0.39 is 10.0 Å². The van der Waals surface area contributed by atoms with Crippen molar-refractivity contribution in [2.45, 2.75) is 51.0 Å². The number of rotatable bonds is 7. The van der Waals surface area contributed by atoms with Crippen molar-refractivity contribution in [3.8, 4) is 0 Å². The Hall–Kier alpha value is -2.22. The Morgan fingerprint density at radius 1 is 1.10 bits per heavy atom. The largest absolute Gasteiger partial charge is 0.322 e. The Morgan fingerprint density at radius 2 is 1.80 bits per heavy atom. The molecule has 0 aliphatic carbocycles. The topological polar surface area (TPSA) is 87.3 Å². The van der Waals surface area contributed by atoms with Crippen molar-refractivity contribution in [2.24, 2.45) is 5.92 Å². The molecule has 3 rings (SSSR count). The van der Waals surface area contributed by atoms with Gasteiger partial charge in [-0.2, -0.15) is 0 Å². The molecule has 6 nitrogen and oxygen atoms in total. The zero-order valence-corrected chi connectivity index (χ0v) is 18.7. The second-order valence-electron chi connectivity index (χ2n) is 7.97. The molecule has 0 aromatic heterocycles. The lowest BCUT2D eigenvalue weighted by Gasteiger charge is -2.30. The van der Waals surface area contributed by atoms with Crippen LogP contribution in [0.5, 0.6) is 0 Å². The summed E-state index contributed by atoms with van der Waals surface area (Å²) >= 11 is 0. The number of carbonyl (C=O) groups excluding carboxylic acids is 1. The van der Waals surface area contributed by atoms with Gasteiger partial charge in [-0.3, -0.25) is 4.79 Å². The number of carbonyl (C=O) groups is 1. The lowest BCUT2D eigenvalue weighted by Crippen LogP contribution is -2.44. The molecule has 30 heavy (non-hydrogen) atoms. The number of sulfonamides is 1. The fourth-order valence-corrected chi connectivity index (χ4v) is 5.46. The van der Waals surface area contributed by atoms with E-state index in [1.54, 1.807) is 31.2 Å². The number of hydrogen-bond donors (Lipinski definition) is 3. The maximum atomic E-state index is 13.0. The Kier molecular flexibility index (Phi) is 7.28. The van der Waals surface area contributed by atoms with Crippen LogP contribution in [-0.4, -0.2) is 33.5 Å². The summed E-state index contributed by atoms with van der Waals surface area (Å²) in [6.07, 6.45) is 2.71. The highest BCUT2D eigenvalue weighted by molar-refractivity contribution is 7.89. The van der Waals surface area contributed by atoms with E-state index >= 15 is 0 Å². The summed E-state index contributed by atoms with van der Waals surface area (Å²) in [6.45, 7) is 7.56. The highest BCUT2D eigenvalue weighted by Gasteiger charge is 2.27. The molecule has 0 bridgehead atoms. The van der Waals surface area contributed by atoms with Crippen LogP contribution in [0.15, 0.2) is 47.4 Å². The quantitative estimate of drug-likeness (QED) is 0.627. The molecule has 1 atom stereocenters. The van der Waals surface area contributed by atoms with Crippen LogP contribution in [0.1, 0.15) is 47.7 Å². The van der Waals surface area contributed by atoms with E-state index in [1.165, 1.54) is 0 Å². The van der Waals surface area contributed by atoms with Crippen molar-refractivity contribution in [3.05, 3.63) is 59.2 Å². The van der Waals surface area contributed by atoms with Gasteiger partial charge < -0.3 is 10.6 Å².